The minimum atomic E-state index is 0.380. The molecule has 0 aliphatic carbocycles. The lowest BCUT2D eigenvalue weighted by molar-refractivity contribution is 0.469. The van der Waals surface area contributed by atoms with Crippen LogP contribution in [0.15, 0.2) is 18.5 Å². The van der Waals surface area contributed by atoms with Crippen molar-refractivity contribution < 1.29 is 0 Å². The number of rotatable bonds is 6. The summed E-state index contributed by atoms with van der Waals surface area (Å²) in [5.41, 5.74) is 2.62. The van der Waals surface area contributed by atoms with E-state index in [1.54, 1.807) is 0 Å². The summed E-state index contributed by atoms with van der Waals surface area (Å²) in [5, 5.41) is 3.62. The van der Waals surface area contributed by atoms with Crippen LogP contribution in [0, 0.1) is 6.92 Å². The Morgan fingerprint density at radius 3 is 2.81 bits per heavy atom. The number of pyridine rings is 1. The second-order valence-corrected chi connectivity index (χ2v) is 5.29. The van der Waals surface area contributed by atoms with Crippen LogP contribution in [0.4, 0.5) is 0 Å². The lowest BCUT2D eigenvalue weighted by Crippen LogP contribution is -2.29. The monoisotopic (exact) mass is 238 g/mol. The SMILES string of the molecule is CSCCC(C)NC(C)c1cnccc1C. The van der Waals surface area contributed by atoms with E-state index in [0.717, 1.165) is 0 Å². The quantitative estimate of drug-likeness (QED) is 0.824. The molecule has 1 N–H and O–H groups in total. The van der Waals surface area contributed by atoms with Crippen molar-refractivity contribution in [3.63, 3.8) is 0 Å². The molecule has 0 aromatic carbocycles. The Morgan fingerprint density at radius 2 is 2.19 bits per heavy atom. The summed E-state index contributed by atoms with van der Waals surface area (Å²) in [6.07, 6.45) is 7.18. The average Bonchev–Trinajstić information content (AvgIpc) is 2.26. The Balaban J connectivity index is 2.52. The molecule has 2 atom stereocenters. The number of thioether (sulfide) groups is 1. The van der Waals surface area contributed by atoms with E-state index in [9.17, 15) is 0 Å². The van der Waals surface area contributed by atoms with Crippen molar-refractivity contribution in [2.45, 2.75) is 39.3 Å². The lowest BCUT2D eigenvalue weighted by atomic mass is 10.0. The molecule has 0 saturated carbocycles. The molecule has 0 spiro atoms. The van der Waals surface area contributed by atoms with Crippen LogP contribution in [0.2, 0.25) is 0 Å². The van der Waals surface area contributed by atoms with Gasteiger partial charge in [-0.2, -0.15) is 11.8 Å². The van der Waals surface area contributed by atoms with Crippen molar-refractivity contribution in [2.75, 3.05) is 12.0 Å². The van der Waals surface area contributed by atoms with E-state index in [0.29, 0.717) is 12.1 Å². The van der Waals surface area contributed by atoms with Gasteiger partial charge in [0, 0.05) is 24.5 Å². The molecule has 3 heteroatoms. The van der Waals surface area contributed by atoms with E-state index in [1.807, 2.05) is 24.2 Å². The van der Waals surface area contributed by atoms with E-state index in [4.69, 9.17) is 0 Å². The van der Waals surface area contributed by atoms with Gasteiger partial charge >= 0.3 is 0 Å². The standard InChI is InChI=1S/C13H22N2S/c1-10-5-7-14-9-13(10)12(3)15-11(2)6-8-16-4/h5,7,9,11-12,15H,6,8H2,1-4H3. The van der Waals surface area contributed by atoms with E-state index in [1.165, 1.54) is 23.3 Å². The molecule has 0 aliphatic heterocycles. The predicted molar refractivity (Wildman–Crippen MR) is 73.0 cm³/mol. The van der Waals surface area contributed by atoms with Crippen molar-refractivity contribution >= 4 is 11.8 Å². The zero-order valence-corrected chi connectivity index (χ0v) is 11.5. The average molecular weight is 238 g/mol. The Kier molecular flexibility index (Phi) is 5.85. The molecule has 0 saturated heterocycles. The molecular weight excluding hydrogens is 216 g/mol. The highest BCUT2D eigenvalue weighted by Gasteiger charge is 2.11. The second kappa shape index (κ2) is 6.92. The molecule has 90 valence electrons. The highest BCUT2D eigenvalue weighted by Crippen LogP contribution is 2.16. The maximum Gasteiger partial charge on any atom is 0.0318 e. The van der Waals surface area contributed by atoms with Gasteiger partial charge in [-0.1, -0.05) is 0 Å². The molecule has 1 rings (SSSR count). The largest absolute Gasteiger partial charge is 0.308 e. The Morgan fingerprint density at radius 1 is 1.44 bits per heavy atom. The van der Waals surface area contributed by atoms with Crippen molar-refractivity contribution in [1.29, 1.82) is 0 Å². The zero-order chi connectivity index (χ0) is 12.0. The van der Waals surface area contributed by atoms with Gasteiger partial charge in [0.2, 0.25) is 0 Å². The number of aryl methyl sites for hydroxylation is 1. The molecule has 16 heavy (non-hydrogen) atoms. The van der Waals surface area contributed by atoms with Gasteiger partial charge in [-0.15, -0.1) is 0 Å². The number of hydrogen-bond donors (Lipinski definition) is 1. The van der Waals surface area contributed by atoms with Gasteiger partial charge in [0.25, 0.3) is 0 Å². The van der Waals surface area contributed by atoms with E-state index < -0.39 is 0 Å². The van der Waals surface area contributed by atoms with E-state index in [2.05, 4.69) is 43.4 Å². The number of hydrogen-bond acceptors (Lipinski definition) is 3. The summed E-state index contributed by atoms with van der Waals surface area (Å²) in [5.74, 6) is 1.22. The van der Waals surface area contributed by atoms with Crippen LogP contribution in [-0.4, -0.2) is 23.0 Å². The first-order chi connectivity index (χ1) is 7.65. The van der Waals surface area contributed by atoms with Crippen LogP contribution in [0.1, 0.15) is 37.4 Å². The maximum atomic E-state index is 4.19. The zero-order valence-electron chi connectivity index (χ0n) is 10.7. The topological polar surface area (TPSA) is 24.9 Å². The molecule has 0 aliphatic rings. The van der Waals surface area contributed by atoms with Gasteiger partial charge in [-0.3, -0.25) is 4.98 Å². The molecule has 0 amide bonds. The molecule has 0 bridgehead atoms. The Labute approximate surface area is 103 Å². The van der Waals surface area contributed by atoms with Crippen molar-refractivity contribution in [1.82, 2.24) is 10.3 Å². The second-order valence-electron chi connectivity index (χ2n) is 4.30. The van der Waals surface area contributed by atoms with Gasteiger partial charge in [-0.25, -0.2) is 0 Å². The molecule has 2 unspecified atom stereocenters. The van der Waals surface area contributed by atoms with Crippen molar-refractivity contribution in [2.24, 2.45) is 0 Å². The Hall–Kier alpha value is -0.540. The highest BCUT2D eigenvalue weighted by molar-refractivity contribution is 7.98. The fourth-order valence-corrected chi connectivity index (χ4v) is 2.41. The summed E-state index contributed by atoms with van der Waals surface area (Å²) in [4.78, 5) is 4.19. The summed E-state index contributed by atoms with van der Waals surface area (Å²) < 4.78 is 0. The number of nitrogens with zero attached hydrogens (tertiary/aromatic N) is 1. The first-order valence-corrected chi connectivity index (χ1v) is 7.20. The predicted octanol–water partition coefficient (Wildman–Crippen LogP) is 3.18. The molecule has 0 fully saturated rings. The van der Waals surface area contributed by atoms with Gasteiger partial charge < -0.3 is 5.32 Å². The Bertz CT molecular complexity index is 315. The van der Waals surface area contributed by atoms with Gasteiger partial charge in [0.05, 0.1) is 0 Å². The number of aromatic nitrogens is 1. The molecular formula is C13H22N2S. The van der Waals surface area contributed by atoms with E-state index in [-0.39, 0.29) is 0 Å². The lowest BCUT2D eigenvalue weighted by Gasteiger charge is -2.21. The third-order valence-electron chi connectivity index (χ3n) is 2.84. The number of nitrogens with one attached hydrogen (secondary N) is 1. The van der Waals surface area contributed by atoms with Crippen LogP contribution in [0.3, 0.4) is 0 Å². The maximum absolute atomic E-state index is 4.19. The highest BCUT2D eigenvalue weighted by atomic mass is 32.2. The minimum absolute atomic E-state index is 0.380. The summed E-state index contributed by atoms with van der Waals surface area (Å²) >= 11 is 1.90. The van der Waals surface area contributed by atoms with Crippen molar-refractivity contribution in [3.05, 3.63) is 29.6 Å². The third-order valence-corrected chi connectivity index (χ3v) is 3.48. The smallest absolute Gasteiger partial charge is 0.0318 e. The molecule has 1 aromatic rings. The van der Waals surface area contributed by atoms with Gasteiger partial charge in [0.1, 0.15) is 0 Å². The first-order valence-electron chi connectivity index (χ1n) is 5.80. The van der Waals surface area contributed by atoms with Crippen molar-refractivity contribution in [3.8, 4) is 0 Å². The van der Waals surface area contributed by atoms with Crippen LogP contribution >= 0.6 is 11.8 Å². The molecule has 1 aromatic heterocycles. The molecule has 2 nitrogen and oxygen atoms in total. The van der Waals surface area contributed by atoms with Crippen LogP contribution < -0.4 is 5.32 Å². The summed E-state index contributed by atoms with van der Waals surface area (Å²) in [7, 11) is 0. The molecule has 0 radical (unpaired) electrons. The van der Waals surface area contributed by atoms with Crippen LogP contribution in [0.25, 0.3) is 0 Å². The minimum Gasteiger partial charge on any atom is -0.308 e. The van der Waals surface area contributed by atoms with Crippen LogP contribution in [0.5, 0.6) is 0 Å². The summed E-state index contributed by atoms with van der Waals surface area (Å²) in [6.45, 7) is 6.60. The summed E-state index contributed by atoms with van der Waals surface area (Å²) in [6, 6.07) is 3.01. The van der Waals surface area contributed by atoms with Gasteiger partial charge in [0.15, 0.2) is 0 Å². The third kappa shape index (κ3) is 4.14. The first kappa shape index (κ1) is 13.5. The van der Waals surface area contributed by atoms with Crippen LogP contribution in [-0.2, 0) is 0 Å². The normalized spacial score (nSPS) is 14.8. The van der Waals surface area contributed by atoms with E-state index >= 15 is 0 Å². The van der Waals surface area contributed by atoms with Gasteiger partial charge in [-0.05, 0) is 56.4 Å². The molecule has 1 heterocycles. The fraction of sp³-hybridized carbons (Fsp3) is 0.615. The fourth-order valence-electron chi connectivity index (χ4n) is 1.82.